The minimum absolute atomic E-state index is 0.109. The number of aliphatic hydroxyl groups is 1. The molecule has 1 saturated heterocycles. The highest BCUT2D eigenvalue weighted by Crippen LogP contribution is 2.26. The largest absolute Gasteiger partial charge is 0.391 e. The van der Waals surface area contributed by atoms with Crippen molar-refractivity contribution in [2.75, 3.05) is 13.1 Å². The fraction of sp³-hybridized carbons (Fsp3) is 0.714. The molecule has 2 heterocycles. The molecule has 0 spiro atoms. The molecule has 0 bridgehead atoms. The van der Waals surface area contributed by atoms with E-state index in [4.69, 9.17) is 0 Å². The van der Waals surface area contributed by atoms with Crippen LogP contribution < -0.4 is 0 Å². The van der Waals surface area contributed by atoms with Gasteiger partial charge in [0, 0.05) is 12.0 Å². The highest BCUT2D eigenvalue weighted by molar-refractivity contribution is 7.07. The lowest BCUT2D eigenvalue weighted by Crippen LogP contribution is -2.54. The van der Waals surface area contributed by atoms with Gasteiger partial charge in [0.05, 0.1) is 6.10 Å². The third-order valence-electron chi connectivity index (χ3n) is 4.00. The van der Waals surface area contributed by atoms with Crippen LogP contribution in [0.2, 0.25) is 0 Å². The van der Waals surface area contributed by atoms with Gasteiger partial charge in [0.15, 0.2) is 0 Å². The quantitative estimate of drug-likeness (QED) is 0.892. The fourth-order valence-corrected chi connectivity index (χ4v) is 3.24. The van der Waals surface area contributed by atoms with Crippen LogP contribution in [0.3, 0.4) is 0 Å². The molecule has 1 fully saturated rings. The van der Waals surface area contributed by atoms with Gasteiger partial charge in [-0.2, -0.15) is 11.3 Å². The van der Waals surface area contributed by atoms with Gasteiger partial charge in [-0.3, -0.25) is 4.90 Å². The van der Waals surface area contributed by atoms with Crippen molar-refractivity contribution in [3.8, 4) is 0 Å². The molecule has 0 radical (unpaired) electrons. The minimum atomic E-state index is -0.282. The number of hydrogen-bond acceptors (Lipinski definition) is 3. The molecule has 96 valence electrons. The predicted octanol–water partition coefficient (Wildman–Crippen LogP) is 2.92. The maximum absolute atomic E-state index is 10.5. The topological polar surface area (TPSA) is 23.5 Å². The van der Waals surface area contributed by atoms with Crippen LogP contribution >= 0.6 is 11.3 Å². The first-order valence-corrected chi connectivity index (χ1v) is 7.49. The first-order valence-electron chi connectivity index (χ1n) is 6.55. The van der Waals surface area contributed by atoms with Crippen LogP contribution in [0.15, 0.2) is 16.8 Å². The first-order chi connectivity index (χ1) is 8.10. The van der Waals surface area contributed by atoms with Gasteiger partial charge in [0.1, 0.15) is 0 Å². The van der Waals surface area contributed by atoms with Crippen molar-refractivity contribution < 1.29 is 5.11 Å². The average molecular weight is 253 g/mol. The predicted molar refractivity (Wildman–Crippen MR) is 73.5 cm³/mol. The Hall–Kier alpha value is -0.380. The van der Waals surface area contributed by atoms with E-state index in [0.717, 1.165) is 19.5 Å². The maximum Gasteiger partial charge on any atom is 0.0758 e. The van der Waals surface area contributed by atoms with E-state index < -0.39 is 0 Å². The monoisotopic (exact) mass is 253 g/mol. The van der Waals surface area contributed by atoms with Gasteiger partial charge >= 0.3 is 0 Å². The summed E-state index contributed by atoms with van der Waals surface area (Å²) in [6, 6.07) is 2.11. The minimum Gasteiger partial charge on any atom is -0.391 e. The standard InChI is InChI=1S/C14H23NOS/c1-14(2,15-7-4-3-5-8-15)13(16)10-12-6-9-17-11-12/h6,9,11,13,16H,3-5,7-8,10H2,1-2H3. The molecule has 3 heteroatoms. The van der Waals surface area contributed by atoms with E-state index in [-0.39, 0.29) is 11.6 Å². The maximum atomic E-state index is 10.5. The molecule has 0 aromatic carbocycles. The van der Waals surface area contributed by atoms with Crippen molar-refractivity contribution in [1.29, 1.82) is 0 Å². The lowest BCUT2D eigenvalue weighted by Gasteiger charge is -2.44. The van der Waals surface area contributed by atoms with Crippen molar-refractivity contribution in [2.24, 2.45) is 0 Å². The van der Waals surface area contributed by atoms with Crippen molar-refractivity contribution in [1.82, 2.24) is 4.90 Å². The van der Waals surface area contributed by atoms with Crippen LogP contribution in [-0.2, 0) is 6.42 Å². The molecule has 0 amide bonds. The van der Waals surface area contributed by atoms with E-state index in [1.54, 1.807) is 11.3 Å². The number of thiophene rings is 1. The molecule has 1 N–H and O–H groups in total. The van der Waals surface area contributed by atoms with Crippen LogP contribution in [0, 0.1) is 0 Å². The van der Waals surface area contributed by atoms with Crippen molar-refractivity contribution in [3.05, 3.63) is 22.4 Å². The lowest BCUT2D eigenvalue weighted by molar-refractivity contribution is -0.0186. The Morgan fingerprint density at radius 3 is 2.65 bits per heavy atom. The van der Waals surface area contributed by atoms with E-state index in [1.807, 2.05) is 0 Å². The van der Waals surface area contributed by atoms with Gasteiger partial charge in [-0.15, -0.1) is 0 Å². The number of hydrogen-bond donors (Lipinski definition) is 1. The average Bonchev–Trinajstić information content (AvgIpc) is 2.83. The van der Waals surface area contributed by atoms with Crippen LogP contribution in [0.5, 0.6) is 0 Å². The van der Waals surface area contributed by atoms with Gasteiger partial charge in [-0.25, -0.2) is 0 Å². The summed E-state index contributed by atoms with van der Waals surface area (Å²) >= 11 is 1.70. The van der Waals surface area contributed by atoms with E-state index in [1.165, 1.54) is 24.8 Å². The summed E-state index contributed by atoms with van der Waals surface area (Å²) in [5, 5.41) is 14.7. The highest BCUT2D eigenvalue weighted by atomic mass is 32.1. The molecule has 1 aromatic heterocycles. The van der Waals surface area contributed by atoms with Crippen LogP contribution in [-0.4, -0.2) is 34.7 Å². The zero-order valence-corrected chi connectivity index (χ0v) is 11.7. The summed E-state index contributed by atoms with van der Waals surface area (Å²) in [6.45, 7) is 6.62. The third kappa shape index (κ3) is 3.09. The summed E-state index contributed by atoms with van der Waals surface area (Å²) in [7, 11) is 0. The Morgan fingerprint density at radius 1 is 1.35 bits per heavy atom. The number of rotatable bonds is 4. The summed E-state index contributed by atoms with van der Waals surface area (Å²) in [6.07, 6.45) is 4.37. The molecule has 1 aliphatic heterocycles. The smallest absolute Gasteiger partial charge is 0.0758 e. The molecular weight excluding hydrogens is 230 g/mol. The number of piperidine rings is 1. The SMILES string of the molecule is CC(C)(C(O)Cc1ccsc1)N1CCCCC1. The Bertz CT molecular complexity index is 328. The number of nitrogens with zero attached hydrogens (tertiary/aromatic N) is 1. The summed E-state index contributed by atoms with van der Waals surface area (Å²) in [4.78, 5) is 2.45. The molecular formula is C14H23NOS. The Labute approximate surface area is 108 Å². The second kappa shape index (κ2) is 5.51. The second-order valence-corrected chi connectivity index (χ2v) is 6.33. The van der Waals surface area contributed by atoms with Gasteiger partial charge in [-0.1, -0.05) is 6.42 Å². The lowest BCUT2D eigenvalue weighted by atomic mass is 9.89. The molecule has 2 rings (SSSR count). The third-order valence-corrected chi connectivity index (χ3v) is 4.73. The molecule has 2 nitrogen and oxygen atoms in total. The van der Waals surface area contributed by atoms with Crippen molar-refractivity contribution in [3.63, 3.8) is 0 Å². The zero-order chi connectivity index (χ0) is 12.3. The van der Waals surface area contributed by atoms with Crippen molar-refractivity contribution in [2.45, 2.75) is 51.2 Å². The van der Waals surface area contributed by atoms with Crippen LogP contribution in [0.25, 0.3) is 0 Å². The molecule has 0 aliphatic carbocycles. The Morgan fingerprint density at radius 2 is 2.06 bits per heavy atom. The summed E-state index contributed by atoms with van der Waals surface area (Å²) < 4.78 is 0. The van der Waals surface area contributed by atoms with E-state index in [9.17, 15) is 5.11 Å². The van der Waals surface area contributed by atoms with E-state index >= 15 is 0 Å². The summed E-state index contributed by atoms with van der Waals surface area (Å²) in [5.74, 6) is 0. The number of likely N-dealkylation sites (tertiary alicyclic amines) is 1. The molecule has 1 atom stereocenters. The normalized spacial score (nSPS) is 20.4. The van der Waals surface area contributed by atoms with Gasteiger partial charge in [0.2, 0.25) is 0 Å². The molecule has 1 unspecified atom stereocenters. The first kappa shape index (κ1) is 13.1. The van der Waals surface area contributed by atoms with Gasteiger partial charge < -0.3 is 5.11 Å². The fourth-order valence-electron chi connectivity index (χ4n) is 2.56. The Kier molecular flexibility index (Phi) is 4.23. The molecule has 17 heavy (non-hydrogen) atoms. The molecule has 1 aromatic rings. The molecule has 0 saturated carbocycles. The van der Waals surface area contributed by atoms with Crippen LogP contribution in [0.1, 0.15) is 38.7 Å². The van der Waals surface area contributed by atoms with E-state index in [2.05, 4.69) is 35.6 Å². The summed E-state index contributed by atoms with van der Waals surface area (Å²) in [5.41, 5.74) is 1.15. The second-order valence-electron chi connectivity index (χ2n) is 5.55. The number of aliphatic hydroxyl groups excluding tert-OH is 1. The Balaban J connectivity index is 1.98. The molecule has 1 aliphatic rings. The zero-order valence-electron chi connectivity index (χ0n) is 10.9. The highest BCUT2D eigenvalue weighted by Gasteiger charge is 2.34. The van der Waals surface area contributed by atoms with Gasteiger partial charge in [-0.05, 0) is 62.2 Å². The van der Waals surface area contributed by atoms with Crippen molar-refractivity contribution >= 4 is 11.3 Å². The van der Waals surface area contributed by atoms with Crippen LogP contribution in [0.4, 0.5) is 0 Å². The van der Waals surface area contributed by atoms with Gasteiger partial charge in [0.25, 0.3) is 0 Å². The van der Waals surface area contributed by atoms with E-state index in [0.29, 0.717) is 0 Å².